The van der Waals surface area contributed by atoms with Gasteiger partial charge >= 0.3 is 5.97 Å². The summed E-state index contributed by atoms with van der Waals surface area (Å²) in [5.41, 5.74) is 2.04. The van der Waals surface area contributed by atoms with Crippen LogP contribution < -0.4 is 5.32 Å². The van der Waals surface area contributed by atoms with Crippen LogP contribution >= 0.6 is 0 Å². The highest BCUT2D eigenvalue weighted by atomic mass is 16.4. The Morgan fingerprint density at radius 3 is 2.48 bits per heavy atom. The number of aliphatic carboxylic acids is 1. The Kier molecular flexibility index (Phi) is 5.85. The molecule has 0 saturated heterocycles. The van der Waals surface area contributed by atoms with E-state index < -0.39 is 5.97 Å². The Morgan fingerprint density at radius 2 is 1.90 bits per heavy atom. The first-order valence-corrected chi connectivity index (χ1v) is 7.95. The van der Waals surface area contributed by atoms with Gasteiger partial charge in [0, 0.05) is 17.8 Å². The number of carboxylic acid groups (broad SMARTS) is 1. The van der Waals surface area contributed by atoms with Gasteiger partial charge in [0.25, 0.3) is 0 Å². The van der Waals surface area contributed by atoms with Crippen LogP contribution in [0.5, 0.6) is 0 Å². The summed E-state index contributed by atoms with van der Waals surface area (Å²) in [6, 6.07) is 8.53. The van der Waals surface area contributed by atoms with Gasteiger partial charge in [-0.25, -0.2) is 4.79 Å². The predicted molar refractivity (Wildman–Crippen MR) is 87.4 cm³/mol. The van der Waals surface area contributed by atoms with Gasteiger partial charge in [-0.2, -0.15) is 0 Å². The number of carboxylic acids is 1. The minimum atomic E-state index is -0.916. The van der Waals surface area contributed by atoms with Crippen LogP contribution in [0.2, 0.25) is 0 Å². The second-order valence-electron chi connectivity index (χ2n) is 5.94. The molecule has 1 aliphatic carbocycles. The van der Waals surface area contributed by atoms with Crippen LogP contribution in [0.25, 0.3) is 6.08 Å². The van der Waals surface area contributed by atoms with E-state index in [1.165, 1.54) is 38.5 Å². The second-order valence-corrected chi connectivity index (χ2v) is 5.94. The molecule has 0 spiro atoms. The molecule has 0 atom stereocenters. The molecule has 3 nitrogen and oxygen atoms in total. The molecule has 2 N–H and O–H groups in total. The Bertz CT molecular complexity index is 470. The van der Waals surface area contributed by atoms with Crippen molar-refractivity contribution in [2.75, 3.05) is 5.32 Å². The third-order valence-corrected chi connectivity index (χ3v) is 4.24. The molecule has 0 unspecified atom stereocenters. The fourth-order valence-electron chi connectivity index (χ4n) is 3.10. The van der Waals surface area contributed by atoms with Crippen LogP contribution in [0.4, 0.5) is 5.69 Å². The maximum Gasteiger partial charge on any atom is 0.328 e. The summed E-state index contributed by atoms with van der Waals surface area (Å²) in [5.74, 6) is 0.0117. The highest BCUT2D eigenvalue weighted by Gasteiger charge is 2.20. The summed E-state index contributed by atoms with van der Waals surface area (Å²) < 4.78 is 0. The van der Waals surface area contributed by atoms with Crippen molar-refractivity contribution < 1.29 is 9.90 Å². The molecule has 0 aliphatic heterocycles. The SMILES string of the molecule is CCCC1CCC(Nc2ccc(C=CC(=O)O)cc2)CC1. The lowest BCUT2D eigenvalue weighted by Crippen LogP contribution is -2.26. The van der Waals surface area contributed by atoms with Gasteiger partial charge in [-0.05, 0) is 55.4 Å². The summed E-state index contributed by atoms with van der Waals surface area (Å²) in [7, 11) is 0. The normalized spacial score (nSPS) is 22.3. The molecule has 2 rings (SSSR count). The lowest BCUT2D eigenvalue weighted by molar-refractivity contribution is -0.131. The van der Waals surface area contributed by atoms with E-state index in [1.54, 1.807) is 6.08 Å². The van der Waals surface area contributed by atoms with E-state index in [4.69, 9.17) is 5.11 Å². The van der Waals surface area contributed by atoms with Crippen LogP contribution in [0.3, 0.4) is 0 Å². The van der Waals surface area contributed by atoms with Crippen molar-refractivity contribution in [3.63, 3.8) is 0 Å². The average molecular weight is 287 g/mol. The third-order valence-electron chi connectivity index (χ3n) is 4.24. The monoisotopic (exact) mass is 287 g/mol. The van der Waals surface area contributed by atoms with Crippen LogP contribution in [0, 0.1) is 5.92 Å². The predicted octanol–water partition coefficient (Wildman–Crippen LogP) is 4.56. The van der Waals surface area contributed by atoms with Crippen LogP contribution in [0.15, 0.2) is 30.3 Å². The molecule has 114 valence electrons. The van der Waals surface area contributed by atoms with Gasteiger partial charge in [-0.3, -0.25) is 0 Å². The molecule has 0 bridgehead atoms. The van der Waals surface area contributed by atoms with Crippen molar-refractivity contribution in [3.8, 4) is 0 Å². The van der Waals surface area contributed by atoms with Crippen molar-refractivity contribution >= 4 is 17.7 Å². The molecule has 1 aromatic carbocycles. The van der Waals surface area contributed by atoms with Gasteiger partial charge in [0.1, 0.15) is 0 Å². The molecule has 1 aromatic rings. The molecule has 0 radical (unpaired) electrons. The van der Waals surface area contributed by atoms with Crippen LogP contribution in [0.1, 0.15) is 51.0 Å². The number of carbonyl (C=O) groups is 1. The molecule has 1 saturated carbocycles. The number of benzene rings is 1. The molecule has 0 amide bonds. The fraction of sp³-hybridized carbons (Fsp3) is 0.500. The van der Waals surface area contributed by atoms with E-state index >= 15 is 0 Å². The van der Waals surface area contributed by atoms with Crippen LogP contribution in [-0.2, 0) is 4.79 Å². The minimum absolute atomic E-state index is 0.582. The van der Waals surface area contributed by atoms with Crippen molar-refractivity contribution in [1.29, 1.82) is 0 Å². The van der Waals surface area contributed by atoms with E-state index in [2.05, 4.69) is 12.2 Å². The molecular weight excluding hydrogens is 262 g/mol. The first-order valence-electron chi connectivity index (χ1n) is 7.95. The number of rotatable bonds is 6. The molecule has 21 heavy (non-hydrogen) atoms. The minimum Gasteiger partial charge on any atom is -0.478 e. The summed E-state index contributed by atoms with van der Waals surface area (Å²) in [6.07, 6.45) is 10.6. The first-order chi connectivity index (χ1) is 10.2. The third kappa shape index (κ3) is 5.25. The van der Waals surface area contributed by atoms with E-state index in [0.717, 1.165) is 23.2 Å². The Labute approximate surface area is 127 Å². The number of nitrogens with one attached hydrogen (secondary N) is 1. The smallest absolute Gasteiger partial charge is 0.328 e. The number of anilines is 1. The highest BCUT2D eigenvalue weighted by molar-refractivity contribution is 5.85. The van der Waals surface area contributed by atoms with E-state index in [-0.39, 0.29) is 0 Å². The summed E-state index contributed by atoms with van der Waals surface area (Å²) in [6.45, 7) is 2.27. The molecule has 0 aromatic heterocycles. The van der Waals surface area contributed by atoms with Crippen molar-refractivity contribution in [3.05, 3.63) is 35.9 Å². The Morgan fingerprint density at radius 1 is 1.24 bits per heavy atom. The zero-order valence-corrected chi connectivity index (χ0v) is 12.7. The number of hydrogen-bond acceptors (Lipinski definition) is 2. The van der Waals surface area contributed by atoms with E-state index in [0.29, 0.717) is 6.04 Å². The van der Waals surface area contributed by atoms with E-state index in [1.807, 2.05) is 24.3 Å². The maximum atomic E-state index is 10.5. The highest BCUT2D eigenvalue weighted by Crippen LogP contribution is 2.29. The quantitative estimate of drug-likeness (QED) is 0.754. The topological polar surface area (TPSA) is 49.3 Å². The number of hydrogen-bond donors (Lipinski definition) is 2. The van der Waals surface area contributed by atoms with Gasteiger partial charge in [-0.15, -0.1) is 0 Å². The van der Waals surface area contributed by atoms with Crippen molar-refractivity contribution in [1.82, 2.24) is 0 Å². The lowest BCUT2D eigenvalue weighted by atomic mass is 9.83. The summed E-state index contributed by atoms with van der Waals surface area (Å²) in [5, 5.41) is 12.2. The van der Waals surface area contributed by atoms with E-state index in [9.17, 15) is 4.79 Å². The second kappa shape index (κ2) is 7.87. The van der Waals surface area contributed by atoms with Gasteiger partial charge in [0.05, 0.1) is 0 Å². The van der Waals surface area contributed by atoms with Crippen molar-refractivity contribution in [2.45, 2.75) is 51.5 Å². The zero-order chi connectivity index (χ0) is 15.1. The Balaban J connectivity index is 1.82. The van der Waals surface area contributed by atoms with Gasteiger partial charge in [0.15, 0.2) is 0 Å². The molecular formula is C18H25NO2. The Hall–Kier alpha value is -1.77. The summed E-state index contributed by atoms with van der Waals surface area (Å²) >= 11 is 0. The van der Waals surface area contributed by atoms with Crippen molar-refractivity contribution in [2.24, 2.45) is 5.92 Å². The van der Waals surface area contributed by atoms with Gasteiger partial charge < -0.3 is 10.4 Å². The molecule has 3 heteroatoms. The van der Waals surface area contributed by atoms with Gasteiger partial charge in [0.2, 0.25) is 0 Å². The molecule has 1 aliphatic rings. The largest absolute Gasteiger partial charge is 0.478 e. The lowest BCUT2D eigenvalue weighted by Gasteiger charge is -2.29. The molecule has 1 fully saturated rings. The zero-order valence-electron chi connectivity index (χ0n) is 12.7. The van der Waals surface area contributed by atoms with Gasteiger partial charge in [-0.1, -0.05) is 31.9 Å². The summed E-state index contributed by atoms with van der Waals surface area (Å²) in [4.78, 5) is 10.5. The average Bonchev–Trinajstić information content (AvgIpc) is 2.49. The first kappa shape index (κ1) is 15.6. The standard InChI is InChI=1S/C18H25NO2/c1-2-3-14-4-9-16(10-5-14)19-17-11-6-15(7-12-17)8-13-18(20)21/h6-8,11-14,16,19H,2-5,9-10H2,1H3,(H,20,21). The maximum absolute atomic E-state index is 10.5. The fourth-order valence-corrected chi connectivity index (χ4v) is 3.10. The molecule has 0 heterocycles. The van der Waals surface area contributed by atoms with Crippen LogP contribution in [-0.4, -0.2) is 17.1 Å².